The first-order valence-electron chi connectivity index (χ1n) is 10.2. The summed E-state index contributed by atoms with van der Waals surface area (Å²) in [4.78, 5) is 20.4. The summed E-state index contributed by atoms with van der Waals surface area (Å²) in [6.45, 7) is 10.6. The number of ether oxygens (including phenoxy) is 1. The SMILES string of the molecule is CCC[C@H](c1nc2cc(F)c(OC)cc2c(=O)n1CC)N1CCNCC(C)C1. The van der Waals surface area contributed by atoms with Crippen molar-refractivity contribution >= 4 is 10.9 Å². The third-order valence-electron chi connectivity index (χ3n) is 5.49. The summed E-state index contributed by atoms with van der Waals surface area (Å²) in [5, 5.41) is 3.86. The molecule has 1 fully saturated rings. The highest BCUT2D eigenvalue weighted by Crippen LogP contribution is 2.28. The number of fused-ring (bicyclic) bond motifs is 1. The smallest absolute Gasteiger partial charge is 0.261 e. The number of rotatable bonds is 6. The molecule has 0 saturated carbocycles. The van der Waals surface area contributed by atoms with Crippen LogP contribution in [0.5, 0.6) is 5.75 Å². The minimum atomic E-state index is -0.498. The Morgan fingerprint density at radius 3 is 2.86 bits per heavy atom. The van der Waals surface area contributed by atoms with Gasteiger partial charge in [0, 0.05) is 32.2 Å². The van der Waals surface area contributed by atoms with Crippen molar-refractivity contribution in [2.24, 2.45) is 5.92 Å². The van der Waals surface area contributed by atoms with E-state index in [1.54, 1.807) is 4.57 Å². The molecule has 0 bridgehead atoms. The van der Waals surface area contributed by atoms with Crippen LogP contribution < -0.4 is 15.6 Å². The highest BCUT2D eigenvalue weighted by atomic mass is 19.1. The fourth-order valence-electron chi connectivity index (χ4n) is 4.12. The quantitative estimate of drug-likeness (QED) is 0.822. The molecule has 0 radical (unpaired) electrons. The third kappa shape index (κ3) is 4.05. The molecule has 1 aromatic carbocycles. The molecule has 1 aliphatic rings. The van der Waals surface area contributed by atoms with E-state index in [1.807, 2.05) is 6.92 Å². The zero-order valence-corrected chi connectivity index (χ0v) is 17.3. The lowest BCUT2D eigenvalue weighted by Crippen LogP contribution is -2.38. The summed E-state index contributed by atoms with van der Waals surface area (Å²) in [6, 6.07) is 2.81. The Morgan fingerprint density at radius 2 is 2.18 bits per heavy atom. The number of hydrogen-bond donors (Lipinski definition) is 1. The van der Waals surface area contributed by atoms with Gasteiger partial charge in [0.05, 0.1) is 24.1 Å². The van der Waals surface area contributed by atoms with Crippen LogP contribution in [0.25, 0.3) is 10.9 Å². The van der Waals surface area contributed by atoms with Gasteiger partial charge in [-0.2, -0.15) is 0 Å². The van der Waals surface area contributed by atoms with E-state index in [1.165, 1.54) is 19.2 Å². The first kappa shape index (κ1) is 20.7. The molecule has 1 N–H and O–H groups in total. The fraction of sp³-hybridized carbons (Fsp3) is 0.619. The van der Waals surface area contributed by atoms with E-state index in [2.05, 4.69) is 24.1 Å². The van der Waals surface area contributed by atoms with Crippen molar-refractivity contribution in [1.29, 1.82) is 0 Å². The van der Waals surface area contributed by atoms with Crippen LogP contribution in [0.1, 0.15) is 45.5 Å². The van der Waals surface area contributed by atoms with Gasteiger partial charge >= 0.3 is 0 Å². The molecule has 2 heterocycles. The van der Waals surface area contributed by atoms with Gasteiger partial charge in [-0.25, -0.2) is 9.37 Å². The zero-order valence-electron chi connectivity index (χ0n) is 17.3. The second kappa shape index (κ2) is 9.01. The highest BCUT2D eigenvalue weighted by molar-refractivity contribution is 5.79. The van der Waals surface area contributed by atoms with Crippen molar-refractivity contribution < 1.29 is 9.13 Å². The maximum Gasteiger partial charge on any atom is 0.261 e. The molecular formula is C21H31FN4O2. The molecule has 2 aromatic rings. The Hall–Kier alpha value is -1.99. The Morgan fingerprint density at radius 1 is 1.39 bits per heavy atom. The third-order valence-corrected chi connectivity index (χ3v) is 5.49. The fourth-order valence-corrected chi connectivity index (χ4v) is 4.12. The van der Waals surface area contributed by atoms with E-state index in [0.29, 0.717) is 23.4 Å². The number of halogens is 1. The molecule has 1 saturated heterocycles. The number of benzene rings is 1. The van der Waals surface area contributed by atoms with Crippen molar-refractivity contribution in [1.82, 2.24) is 19.8 Å². The van der Waals surface area contributed by atoms with Gasteiger partial charge in [-0.15, -0.1) is 0 Å². The van der Waals surface area contributed by atoms with E-state index in [-0.39, 0.29) is 17.4 Å². The monoisotopic (exact) mass is 390 g/mol. The Kier molecular flexibility index (Phi) is 6.67. The molecule has 28 heavy (non-hydrogen) atoms. The summed E-state index contributed by atoms with van der Waals surface area (Å²) in [6.07, 6.45) is 1.89. The second-order valence-electron chi connectivity index (χ2n) is 7.63. The maximum atomic E-state index is 14.3. The molecule has 7 heteroatoms. The highest BCUT2D eigenvalue weighted by Gasteiger charge is 2.27. The van der Waals surface area contributed by atoms with Gasteiger partial charge in [0.15, 0.2) is 11.6 Å². The molecule has 1 aromatic heterocycles. The van der Waals surface area contributed by atoms with Crippen molar-refractivity contribution in [3.63, 3.8) is 0 Å². The average molecular weight is 391 g/mol. The molecule has 1 aliphatic heterocycles. The van der Waals surface area contributed by atoms with Crippen LogP contribution in [0.3, 0.4) is 0 Å². The van der Waals surface area contributed by atoms with Gasteiger partial charge in [0.1, 0.15) is 5.82 Å². The largest absolute Gasteiger partial charge is 0.494 e. The molecular weight excluding hydrogens is 359 g/mol. The predicted octanol–water partition coefficient (Wildman–Crippen LogP) is 2.95. The molecule has 2 atom stereocenters. The van der Waals surface area contributed by atoms with E-state index in [9.17, 15) is 9.18 Å². The van der Waals surface area contributed by atoms with Gasteiger partial charge in [0.25, 0.3) is 5.56 Å². The molecule has 0 amide bonds. The summed E-state index contributed by atoms with van der Waals surface area (Å²) in [7, 11) is 1.40. The van der Waals surface area contributed by atoms with Gasteiger partial charge in [-0.3, -0.25) is 14.3 Å². The van der Waals surface area contributed by atoms with Crippen LogP contribution in [-0.4, -0.2) is 47.7 Å². The number of nitrogens with zero attached hydrogens (tertiary/aromatic N) is 3. The lowest BCUT2D eigenvalue weighted by atomic mass is 10.1. The molecule has 6 nitrogen and oxygen atoms in total. The first-order valence-corrected chi connectivity index (χ1v) is 10.2. The Balaban J connectivity index is 2.16. The van der Waals surface area contributed by atoms with E-state index in [4.69, 9.17) is 9.72 Å². The number of aromatic nitrogens is 2. The number of methoxy groups -OCH3 is 1. The number of nitrogens with one attached hydrogen (secondary N) is 1. The van der Waals surface area contributed by atoms with Crippen LogP contribution in [0.4, 0.5) is 4.39 Å². The van der Waals surface area contributed by atoms with Crippen molar-refractivity contribution in [2.75, 3.05) is 33.3 Å². The molecule has 154 valence electrons. The summed E-state index contributed by atoms with van der Waals surface area (Å²) in [5.74, 6) is 0.826. The van der Waals surface area contributed by atoms with Crippen molar-refractivity contribution in [3.8, 4) is 5.75 Å². The van der Waals surface area contributed by atoms with Crippen LogP contribution in [0, 0.1) is 11.7 Å². The Labute approximate surface area is 165 Å². The van der Waals surface area contributed by atoms with Gasteiger partial charge < -0.3 is 10.1 Å². The topological polar surface area (TPSA) is 59.4 Å². The van der Waals surface area contributed by atoms with E-state index >= 15 is 0 Å². The molecule has 3 rings (SSSR count). The van der Waals surface area contributed by atoms with Gasteiger partial charge in [-0.05, 0) is 31.9 Å². The summed E-state index contributed by atoms with van der Waals surface area (Å²) >= 11 is 0. The van der Waals surface area contributed by atoms with E-state index < -0.39 is 5.82 Å². The molecule has 0 aliphatic carbocycles. The lowest BCUT2D eigenvalue weighted by Gasteiger charge is -2.32. The molecule has 0 spiro atoms. The zero-order chi connectivity index (χ0) is 20.3. The van der Waals surface area contributed by atoms with Crippen LogP contribution in [-0.2, 0) is 6.54 Å². The summed E-state index contributed by atoms with van der Waals surface area (Å²) < 4.78 is 21.1. The maximum absolute atomic E-state index is 14.3. The molecule has 1 unspecified atom stereocenters. The van der Waals surface area contributed by atoms with Gasteiger partial charge in [-0.1, -0.05) is 20.3 Å². The normalized spacial score (nSPS) is 19.5. The van der Waals surface area contributed by atoms with Crippen molar-refractivity contribution in [2.45, 2.75) is 46.2 Å². The summed E-state index contributed by atoms with van der Waals surface area (Å²) in [5.41, 5.74) is 0.257. The number of hydrogen-bond acceptors (Lipinski definition) is 5. The minimum Gasteiger partial charge on any atom is -0.494 e. The van der Waals surface area contributed by atoms with Crippen molar-refractivity contribution in [3.05, 3.63) is 34.1 Å². The average Bonchev–Trinajstić information content (AvgIpc) is 2.90. The Bertz CT molecular complexity index is 883. The predicted molar refractivity (Wildman–Crippen MR) is 109 cm³/mol. The first-order chi connectivity index (χ1) is 13.5. The standard InChI is InChI=1S/C21H31FN4O2/c1-5-7-18(25-9-8-23-12-14(3)13-25)20-24-17-11-16(22)19(28-4)10-15(17)21(27)26(20)6-2/h10-11,14,18,23H,5-9,12-13H2,1-4H3/t14?,18-/m1/s1. The van der Waals surface area contributed by atoms with Crippen LogP contribution in [0.15, 0.2) is 16.9 Å². The van der Waals surface area contributed by atoms with Crippen LogP contribution >= 0.6 is 0 Å². The van der Waals surface area contributed by atoms with Gasteiger partial charge in [0.2, 0.25) is 0 Å². The van der Waals surface area contributed by atoms with E-state index in [0.717, 1.165) is 44.8 Å². The second-order valence-corrected chi connectivity index (χ2v) is 7.63. The van der Waals surface area contributed by atoms with Crippen LogP contribution in [0.2, 0.25) is 0 Å². The minimum absolute atomic E-state index is 0.0366. The lowest BCUT2D eigenvalue weighted by molar-refractivity contribution is 0.169.